The van der Waals surface area contributed by atoms with Gasteiger partial charge >= 0.3 is 0 Å². The molecule has 0 saturated carbocycles. The van der Waals surface area contributed by atoms with Crippen LogP contribution in [-0.2, 0) is 51.8 Å². The van der Waals surface area contributed by atoms with E-state index in [1.165, 1.54) is 0 Å². The first-order chi connectivity index (χ1) is 24.1. The summed E-state index contributed by atoms with van der Waals surface area (Å²) in [5.41, 5.74) is 4.87. The van der Waals surface area contributed by atoms with Gasteiger partial charge < -0.3 is 18.9 Å². The molecule has 0 unspecified atom stereocenters. The summed E-state index contributed by atoms with van der Waals surface area (Å²) in [6.07, 6.45) is -0.691. The molecule has 5 aromatic rings. The molecule has 1 fully saturated rings. The summed E-state index contributed by atoms with van der Waals surface area (Å²) in [4.78, 5) is 2.32. The molecule has 49 heavy (non-hydrogen) atoms. The van der Waals surface area contributed by atoms with E-state index in [-0.39, 0.29) is 23.0 Å². The molecule has 0 N–H and O–H groups in total. The van der Waals surface area contributed by atoms with E-state index in [0.717, 1.165) is 22.3 Å². The number of benzene rings is 5. The van der Waals surface area contributed by atoms with Crippen molar-refractivity contribution in [2.75, 3.05) is 19.7 Å². The maximum absolute atomic E-state index is 15.1. The minimum absolute atomic E-state index is 0.126. The molecule has 6 rings (SSSR count). The Morgan fingerprint density at radius 1 is 0.571 bits per heavy atom. The number of nitrogens with zero attached hydrogens (tertiary/aromatic N) is 1. The van der Waals surface area contributed by atoms with Gasteiger partial charge in [-0.2, -0.15) is 0 Å². The normalized spacial score (nSPS) is 19.6. The summed E-state index contributed by atoms with van der Waals surface area (Å²) < 4.78 is 41.9. The van der Waals surface area contributed by atoms with Crippen LogP contribution < -0.4 is 0 Å². The number of halogens is 2. The zero-order chi connectivity index (χ0) is 33.7. The highest BCUT2D eigenvalue weighted by Crippen LogP contribution is 2.30. The Hall–Kier alpha value is -3.88. The van der Waals surface area contributed by atoms with E-state index in [9.17, 15) is 0 Å². The number of piperidine rings is 1. The van der Waals surface area contributed by atoms with Crippen LogP contribution in [0, 0.1) is 5.82 Å². The fourth-order valence-electron chi connectivity index (χ4n) is 6.31. The predicted molar refractivity (Wildman–Crippen MR) is 192 cm³/mol. The third kappa shape index (κ3) is 10.1. The molecular formula is C42H43ClFNO4. The van der Waals surface area contributed by atoms with Crippen molar-refractivity contribution in [1.82, 2.24) is 4.90 Å². The van der Waals surface area contributed by atoms with E-state index in [4.69, 9.17) is 30.5 Å². The smallest absolute Gasteiger partial charge is 0.145 e. The lowest BCUT2D eigenvalue weighted by molar-refractivity contribution is -0.210. The molecule has 1 aliphatic rings. The SMILES string of the molecule is Fc1c(Cl)cccc1CCN1C[C@H](OCc2ccccc2)[C@@H](OCc2ccccc2)[C@H](OCc2ccccc2)[C@@H]1COCc1ccccc1. The molecule has 0 spiro atoms. The van der Waals surface area contributed by atoms with E-state index in [1.807, 2.05) is 72.8 Å². The summed E-state index contributed by atoms with van der Waals surface area (Å²) in [6.45, 7) is 3.19. The largest absolute Gasteiger partial charge is 0.375 e. The van der Waals surface area contributed by atoms with Crippen molar-refractivity contribution in [3.8, 4) is 0 Å². The highest BCUT2D eigenvalue weighted by Gasteiger charge is 2.46. The standard InChI is InChI=1S/C42H43ClFNO4/c43-37-23-13-22-36(40(37)44)24-25-45-26-39(47-28-33-16-7-2-8-17-33)42(49-30-35-20-11-4-12-21-35)41(48-29-34-18-9-3-10-19-34)38(45)31-46-27-32-14-5-1-6-15-32/h1-23,38-39,41-42H,24-31H2/t38-,39-,41+,42+/m0/s1. The van der Waals surface area contributed by atoms with Crippen LogP contribution >= 0.6 is 11.6 Å². The van der Waals surface area contributed by atoms with Crippen molar-refractivity contribution in [2.45, 2.75) is 57.2 Å². The summed E-state index contributed by atoms with van der Waals surface area (Å²) in [7, 11) is 0. The second-order valence-corrected chi connectivity index (χ2v) is 12.8. The van der Waals surface area contributed by atoms with Crippen LogP contribution in [0.4, 0.5) is 4.39 Å². The molecule has 0 radical (unpaired) electrons. The number of hydrogen-bond donors (Lipinski definition) is 0. The molecule has 5 aromatic carbocycles. The molecule has 0 aliphatic carbocycles. The molecule has 254 valence electrons. The lowest BCUT2D eigenvalue weighted by atomic mass is 9.92. The van der Waals surface area contributed by atoms with Crippen molar-refractivity contribution in [3.63, 3.8) is 0 Å². The number of rotatable bonds is 16. The molecular weight excluding hydrogens is 637 g/mol. The summed E-state index contributed by atoms with van der Waals surface area (Å²) in [6, 6.07) is 45.6. The first kappa shape index (κ1) is 35.0. The molecule has 1 aliphatic heterocycles. The van der Waals surface area contributed by atoms with Gasteiger partial charge in [-0.15, -0.1) is 0 Å². The number of ether oxygens (including phenoxy) is 4. The van der Waals surface area contributed by atoms with Gasteiger partial charge in [0.25, 0.3) is 0 Å². The van der Waals surface area contributed by atoms with Crippen molar-refractivity contribution in [1.29, 1.82) is 0 Å². The first-order valence-electron chi connectivity index (χ1n) is 16.9. The van der Waals surface area contributed by atoms with Crippen LogP contribution in [0.2, 0.25) is 5.02 Å². The highest BCUT2D eigenvalue weighted by molar-refractivity contribution is 6.30. The van der Waals surface area contributed by atoms with Gasteiger partial charge in [0.05, 0.1) is 50.2 Å². The minimum Gasteiger partial charge on any atom is -0.375 e. The predicted octanol–water partition coefficient (Wildman–Crippen LogP) is 8.68. The quantitative estimate of drug-likeness (QED) is 0.104. The zero-order valence-corrected chi connectivity index (χ0v) is 28.3. The number of likely N-dealkylation sites (tertiary alicyclic amines) is 1. The van der Waals surface area contributed by atoms with Crippen LogP contribution in [0.25, 0.3) is 0 Å². The Labute approximate surface area is 294 Å². The summed E-state index contributed by atoms with van der Waals surface area (Å²) >= 11 is 6.18. The second-order valence-electron chi connectivity index (χ2n) is 12.4. The average molecular weight is 680 g/mol. The summed E-state index contributed by atoms with van der Waals surface area (Å²) in [5, 5.41) is 0.126. The van der Waals surface area contributed by atoms with E-state index in [0.29, 0.717) is 58.1 Å². The van der Waals surface area contributed by atoms with Gasteiger partial charge in [-0.05, 0) is 40.3 Å². The first-order valence-corrected chi connectivity index (χ1v) is 17.3. The van der Waals surface area contributed by atoms with Gasteiger partial charge in [-0.1, -0.05) is 145 Å². The second kappa shape index (κ2) is 18.2. The maximum atomic E-state index is 15.1. The van der Waals surface area contributed by atoms with Crippen molar-refractivity contribution < 1.29 is 23.3 Å². The lowest BCUT2D eigenvalue weighted by Crippen LogP contribution is -2.64. The van der Waals surface area contributed by atoms with Gasteiger partial charge in [0.15, 0.2) is 0 Å². The fourth-order valence-corrected chi connectivity index (χ4v) is 6.50. The van der Waals surface area contributed by atoms with Crippen LogP contribution in [0.5, 0.6) is 0 Å². The van der Waals surface area contributed by atoms with E-state index in [2.05, 4.69) is 53.4 Å². The molecule has 7 heteroatoms. The molecule has 1 heterocycles. The summed E-state index contributed by atoms with van der Waals surface area (Å²) in [5.74, 6) is -0.379. The minimum atomic E-state index is -0.418. The van der Waals surface area contributed by atoms with E-state index < -0.39 is 12.2 Å². The van der Waals surface area contributed by atoms with Gasteiger partial charge in [-0.25, -0.2) is 4.39 Å². The Morgan fingerprint density at radius 2 is 1.06 bits per heavy atom. The van der Waals surface area contributed by atoms with Crippen molar-refractivity contribution >= 4 is 11.6 Å². The Kier molecular flexibility index (Phi) is 13.0. The Bertz CT molecular complexity index is 1680. The van der Waals surface area contributed by atoms with Crippen molar-refractivity contribution in [3.05, 3.63) is 178 Å². The third-order valence-electron chi connectivity index (χ3n) is 8.93. The zero-order valence-electron chi connectivity index (χ0n) is 27.6. The number of hydrogen-bond acceptors (Lipinski definition) is 5. The van der Waals surface area contributed by atoms with Gasteiger partial charge in [0.1, 0.15) is 18.0 Å². The van der Waals surface area contributed by atoms with E-state index >= 15 is 4.39 Å². The van der Waals surface area contributed by atoms with Gasteiger partial charge in [0, 0.05) is 13.1 Å². The van der Waals surface area contributed by atoms with Crippen LogP contribution in [0.15, 0.2) is 140 Å². The van der Waals surface area contributed by atoms with Crippen LogP contribution in [0.1, 0.15) is 27.8 Å². The van der Waals surface area contributed by atoms with Gasteiger partial charge in [0.2, 0.25) is 0 Å². The Morgan fingerprint density at radius 3 is 1.61 bits per heavy atom. The molecule has 5 nitrogen and oxygen atoms in total. The molecule has 1 saturated heterocycles. The molecule has 0 amide bonds. The molecule has 0 aromatic heterocycles. The fraction of sp³-hybridized carbons (Fsp3) is 0.286. The lowest BCUT2D eigenvalue weighted by Gasteiger charge is -2.48. The Balaban J connectivity index is 1.31. The van der Waals surface area contributed by atoms with Crippen LogP contribution in [0.3, 0.4) is 0 Å². The molecule has 0 bridgehead atoms. The molecule has 4 atom stereocenters. The van der Waals surface area contributed by atoms with Gasteiger partial charge in [-0.3, -0.25) is 4.90 Å². The topological polar surface area (TPSA) is 40.2 Å². The van der Waals surface area contributed by atoms with Crippen LogP contribution in [-0.4, -0.2) is 49.0 Å². The van der Waals surface area contributed by atoms with E-state index in [1.54, 1.807) is 18.2 Å². The monoisotopic (exact) mass is 679 g/mol. The van der Waals surface area contributed by atoms with Crippen molar-refractivity contribution in [2.24, 2.45) is 0 Å². The highest BCUT2D eigenvalue weighted by atomic mass is 35.5. The third-order valence-corrected chi connectivity index (χ3v) is 9.22. The maximum Gasteiger partial charge on any atom is 0.145 e. The average Bonchev–Trinajstić information content (AvgIpc) is 3.15.